The zero-order valence-corrected chi connectivity index (χ0v) is 11.9. The smallest absolute Gasteiger partial charge is 0.103 e. The Hall–Kier alpha value is -0.530. The summed E-state index contributed by atoms with van der Waals surface area (Å²) in [5, 5.41) is 3.90. The van der Waals surface area contributed by atoms with Crippen LogP contribution >= 0.6 is 0 Å². The van der Waals surface area contributed by atoms with Gasteiger partial charge in [0.2, 0.25) is 0 Å². The van der Waals surface area contributed by atoms with Crippen LogP contribution in [0.25, 0.3) is 0 Å². The molecule has 6 rings (SSSR count). The molecule has 0 radical (unpaired) electrons. The summed E-state index contributed by atoms with van der Waals surface area (Å²) in [4.78, 5) is 5.21. The summed E-state index contributed by atoms with van der Waals surface area (Å²) in [6.07, 6.45) is 14.5. The van der Waals surface area contributed by atoms with Gasteiger partial charge in [-0.1, -0.05) is 12.8 Å². The molecule has 19 heavy (non-hydrogen) atoms. The van der Waals surface area contributed by atoms with E-state index in [1.807, 2.05) is 0 Å². The fourth-order valence-electron chi connectivity index (χ4n) is 6.50. The maximum Gasteiger partial charge on any atom is 0.103 e. The third-order valence-electron chi connectivity index (χ3n) is 6.89. The minimum Gasteiger partial charge on any atom is -0.368 e. The van der Waals surface area contributed by atoms with Crippen molar-refractivity contribution in [2.75, 3.05) is 0 Å². The number of rotatable bonds is 1. The number of nitrogens with zero attached hydrogens (tertiary/aromatic N) is 1. The molecule has 0 amide bonds. The minimum absolute atomic E-state index is 0.506. The van der Waals surface area contributed by atoms with Crippen LogP contribution in [0.4, 0.5) is 0 Å². The van der Waals surface area contributed by atoms with Gasteiger partial charge in [0.15, 0.2) is 0 Å². The number of aliphatic imine (C=N–C) groups is 1. The van der Waals surface area contributed by atoms with Crippen LogP contribution in [0.15, 0.2) is 4.99 Å². The van der Waals surface area contributed by atoms with Crippen molar-refractivity contribution < 1.29 is 0 Å². The molecule has 0 aromatic carbocycles. The van der Waals surface area contributed by atoms with Crippen LogP contribution in [-0.4, -0.2) is 17.9 Å². The van der Waals surface area contributed by atoms with E-state index in [2.05, 4.69) is 5.32 Å². The molecule has 1 N–H and O–H groups in total. The quantitative estimate of drug-likeness (QED) is 0.764. The molecule has 2 unspecified atom stereocenters. The molecule has 1 heterocycles. The maximum absolute atomic E-state index is 5.21. The Morgan fingerprint density at radius 2 is 1.53 bits per heavy atom. The van der Waals surface area contributed by atoms with Crippen LogP contribution in [0.1, 0.15) is 64.2 Å². The summed E-state index contributed by atoms with van der Waals surface area (Å²) in [5.74, 6) is 4.60. The first-order valence-electron chi connectivity index (χ1n) is 8.66. The van der Waals surface area contributed by atoms with Crippen LogP contribution in [0.3, 0.4) is 0 Å². The number of fused-ring (bicyclic) bond motifs is 1. The van der Waals surface area contributed by atoms with Crippen LogP contribution in [0.2, 0.25) is 0 Å². The monoisotopic (exact) mass is 258 g/mol. The first-order valence-corrected chi connectivity index (χ1v) is 8.66. The average Bonchev–Trinajstić information content (AvgIpc) is 2.81. The summed E-state index contributed by atoms with van der Waals surface area (Å²) >= 11 is 0. The lowest BCUT2D eigenvalue weighted by atomic mass is 9.49. The van der Waals surface area contributed by atoms with E-state index in [1.165, 1.54) is 50.8 Å². The Balaban J connectivity index is 1.46. The van der Waals surface area contributed by atoms with E-state index in [-0.39, 0.29) is 0 Å². The topological polar surface area (TPSA) is 24.4 Å². The Morgan fingerprint density at radius 3 is 2.16 bits per heavy atom. The Bertz CT molecular complexity index is 390. The van der Waals surface area contributed by atoms with Gasteiger partial charge in [0.05, 0.1) is 6.04 Å². The highest BCUT2D eigenvalue weighted by atomic mass is 15.1. The third kappa shape index (κ3) is 1.58. The molecule has 0 saturated heterocycles. The van der Waals surface area contributed by atoms with Crippen molar-refractivity contribution in [2.24, 2.45) is 28.2 Å². The number of hydrogen-bond donors (Lipinski definition) is 1. The fourth-order valence-corrected chi connectivity index (χ4v) is 6.50. The lowest BCUT2D eigenvalue weighted by molar-refractivity contribution is -0.0138. The van der Waals surface area contributed by atoms with Crippen LogP contribution in [-0.2, 0) is 0 Å². The van der Waals surface area contributed by atoms with Crippen molar-refractivity contribution in [1.82, 2.24) is 5.32 Å². The molecule has 2 heteroatoms. The Morgan fingerprint density at radius 1 is 0.895 bits per heavy atom. The molecule has 4 bridgehead atoms. The number of amidine groups is 1. The molecular formula is C17H26N2. The van der Waals surface area contributed by atoms with Crippen LogP contribution in [0.5, 0.6) is 0 Å². The average molecular weight is 258 g/mol. The summed E-state index contributed by atoms with van der Waals surface area (Å²) in [5.41, 5.74) is 0.506. The van der Waals surface area contributed by atoms with E-state index >= 15 is 0 Å². The highest BCUT2D eigenvalue weighted by molar-refractivity contribution is 5.90. The van der Waals surface area contributed by atoms with Crippen LogP contribution < -0.4 is 5.32 Å². The normalized spacial score (nSPS) is 54.7. The second-order valence-corrected chi connectivity index (χ2v) is 8.28. The van der Waals surface area contributed by atoms with Crippen molar-refractivity contribution in [3.8, 4) is 0 Å². The molecule has 5 saturated carbocycles. The van der Waals surface area contributed by atoms with Gasteiger partial charge in [-0.25, -0.2) is 0 Å². The first kappa shape index (κ1) is 11.2. The molecule has 6 aliphatic rings. The van der Waals surface area contributed by atoms with E-state index in [1.54, 1.807) is 19.3 Å². The van der Waals surface area contributed by atoms with E-state index in [4.69, 9.17) is 4.99 Å². The lowest BCUT2D eigenvalue weighted by Gasteiger charge is -2.56. The summed E-state index contributed by atoms with van der Waals surface area (Å²) in [6.45, 7) is 0. The predicted octanol–water partition coefficient (Wildman–Crippen LogP) is 3.52. The van der Waals surface area contributed by atoms with Gasteiger partial charge in [-0.15, -0.1) is 0 Å². The number of nitrogens with one attached hydrogen (secondary N) is 1. The molecule has 2 atom stereocenters. The van der Waals surface area contributed by atoms with E-state index in [0.29, 0.717) is 17.5 Å². The van der Waals surface area contributed by atoms with Crippen molar-refractivity contribution in [2.45, 2.75) is 76.3 Å². The molecule has 5 fully saturated rings. The molecule has 5 aliphatic carbocycles. The predicted molar refractivity (Wildman–Crippen MR) is 77.2 cm³/mol. The van der Waals surface area contributed by atoms with Gasteiger partial charge in [0.1, 0.15) is 5.84 Å². The van der Waals surface area contributed by atoms with Gasteiger partial charge in [-0.3, -0.25) is 4.99 Å². The van der Waals surface area contributed by atoms with Crippen molar-refractivity contribution in [3.05, 3.63) is 0 Å². The van der Waals surface area contributed by atoms with Crippen molar-refractivity contribution in [1.29, 1.82) is 0 Å². The molecule has 104 valence electrons. The van der Waals surface area contributed by atoms with Crippen molar-refractivity contribution in [3.63, 3.8) is 0 Å². The van der Waals surface area contributed by atoms with Crippen LogP contribution in [0, 0.1) is 23.2 Å². The molecular weight excluding hydrogens is 232 g/mol. The Kier molecular flexibility index (Phi) is 2.21. The summed E-state index contributed by atoms with van der Waals surface area (Å²) < 4.78 is 0. The zero-order chi connectivity index (χ0) is 12.4. The Labute approximate surface area is 116 Å². The van der Waals surface area contributed by atoms with Gasteiger partial charge in [-0.05, 0) is 69.1 Å². The van der Waals surface area contributed by atoms with Gasteiger partial charge in [0, 0.05) is 11.5 Å². The minimum atomic E-state index is 0.506. The zero-order valence-electron chi connectivity index (χ0n) is 11.9. The van der Waals surface area contributed by atoms with E-state index < -0.39 is 0 Å². The fraction of sp³-hybridized carbons (Fsp3) is 0.941. The molecule has 2 nitrogen and oxygen atoms in total. The molecule has 0 aromatic rings. The highest BCUT2D eigenvalue weighted by Gasteiger charge is 2.54. The second-order valence-electron chi connectivity index (χ2n) is 8.28. The van der Waals surface area contributed by atoms with Gasteiger partial charge >= 0.3 is 0 Å². The van der Waals surface area contributed by atoms with Gasteiger partial charge in [-0.2, -0.15) is 0 Å². The number of hydrogen-bond acceptors (Lipinski definition) is 2. The lowest BCUT2D eigenvalue weighted by Crippen LogP contribution is -2.53. The third-order valence-corrected chi connectivity index (χ3v) is 6.89. The first-order chi connectivity index (χ1) is 9.31. The van der Waals surface area contributed by atoms with Gasteiger partial charge in [0.25, 0.3) is 0 Å². The maximum atomic E-state index is 5.21. The van der Waals surface area contributed by atoms with E-state index in [9.17, 15) is 0 Å². The summed E-state index contributed by atoms with van der Waals surface area (Å²) in [7, 11) is 0. The van der Waals surface area contributed by atoms with E-state index in [0.717, 1.165) is 17.8 Å². The largest absolute Gasteiger partial charge is 0.368 e. The van der Waals surface area contributed by atoms with Crippen molar-refractivity contribution >= 4 is 5.84 Å². The SMILES string of the molecule is C1CCC2NC(C34CC5CC(CC(C5)C3)C4)=NC2C1. The highest BCUT2D eigenvalue weighted by Crippen LogP contribution is 2.60. The molecule has 1 aliphatic heterocycles. The van der Waals surface area contributed by atoms with Gasteiger partial charge < -0.3 is 5.32 Å². The standard InChI is InChI=1S/C17H26N2/c1-2-4-15-14(3-1)18-16(19-15)17-8-11-5-12(9-17)7-13(6-11)10-17/h11-15H,1-10H2,(H,18,19). The summed E-state index contributed by atoms with van der Waals surface area (Å²) in [6, 6.07) is 1.34. The molecule has 0 spiro atoms. The molecule has 0 aromatic heterocycles. The second kappa shape index (κ2) is 3.77.